The normalized spacial score (nSPS) is 10.4. The highest BCUT2D eigenvalue weighted by Crippen LogP contribution is 2.21. The monoisotopic (exact) mass is 263 g/mol. The lowest BCUT2D eigenvalue weighted by Gasteiger charge is -2.11. The molecule has 0 aliphatic rings. The van der Waals surface area contributed by atoms with Gasteiger partial charge in [-0.3, -0.25) is 0 Å². The van der Waals surface area contributed by atoms with Gasteiger partial charge in [0.15, 0.2) is 0 Å². The molecule has 2 aromatic carbocycles. The van der Waals surface area contributed by atoms with Gasteiger partial charge >= 0.3 is 0 Å². The topological polar surface area (TPSA) is 12.0 Å². The van der Waals surface area contributed by atoms with E-state index in [1.165, 1.54) is 6.07 Å². The second-order valence-corrected chi connectivity index (χ2v) is 4.78. The lowest BCUT2D eigenvalue weighted by atomic mass is 10.1. The molecule has 0 aliphatic heterocycles. The first kappa shape index (κ1) is 12.9. The molecular weight excluding hydrogens is 249 g/mol. The Morgan fingerprint density at radius 3 is 2.56 bits per heavy atom. The molecule has 0 unspecified atom stereocenters. The molecule has 0 atom stereocenters. The number of nitrogens with one attached hydrogen (secondary N) is 1. The Balaban J connectivity index is 2.14. The summed E-state index contributed by atoms with van der Waals surface area (Å²) in [6.07, 6.45) is 0. The van der Waals surface area contributed by atoms with Crippen molar-refractivity contribution >= 4 is 17.3 Å². The Labute approximate surface area is 112 Å². The van der Waals surface area contributed by atoms with E-state index in [2.05, 4.69) is 5.32 Å². The van der Waals surface area contributed by atoms with Gasteiger partial charge in [0.2, 0.25) is 0 Å². The van der Waals surface area contributed by atoms with Gasteiger partial charge in [-0.1, -0.05) is 35.9 Å². The molecule has 1 nitrogen and oxygen atoms in total. The molecule has 0 amide bonds. The first-order valence-electron chi connectivity index (χ1n) is 5.82. The maximum absolute atomic E-state index is 13.6. The van der Waals surface area contributed by atoms with E-state index in [1.807, 2.05) is 38.1 Å². The number of anilines is 1. The van der Waals surface area contributed by atoms with Gasteiger partial charge in [-0.2, -0.15) is 0 Å². The van der Waals surface area contributed by atoms with Crippen molar-refractivity contribution in [3.8, 4) is 0 Å². The SMILES string of the molecule is Cc1ccc(CNc2c(C)cccc2F)cc1Cl. The lowest BCUT2D eigenvalue weighted by Crippen LogP contribution is -2.03. The van der Waals surface area contributed by atoms with Gasteiger partial charge in [-0.15, -0.1) is 0 Å². The Morgan fingerprint density at radius 1 is 1.11 bits per heavy atom. The first-order valence-corrected chi connectivity index (χ1v) is 6.20. The number of para-hydroxylation sites is 1. The summed E-state index contributed by atoms with van der Waals surface area (Å²) < 4.78 is 13.6. The molecule has 3 heteroatoms. The predicted octanol–water partition coefficient (Wildman–Crippen LogP) is 4.71. The van der Waals surface area contributed by atoms with Crippen LogP contribution in [0.25, 0.3) is 0 Å². The van der Waals surface area contributed by atoms with Crippen molar-refractivity contribution < 1.29 is 4.39 Å². The number of rotatable bonds is 3. The first-order chi connectivity index (χ1) is 8.58. The summed E-state index contributed by atoms with van der Waals surface area (Å²) in [4.78, 5) is 0. The van der Waals surface area contributed by atoms with Gasteiger partial charge in [0.25, 0.3) is 0 Å². The fourth-order valence-corrected chi connectivity index (χ4v) is 2.00. The van der Waals surface area contributed by atoms with E-state index in [1.54, 1.807) is 6.07 Å². The summed E-state index contributed by atoms with van der Waals surface area (Å²) in [5, 5.41) is 3.85. The second-order valence-electron chi connectivity index (χ2n) is 4.37. The minimum atomic E-state index is -0.229. The molecular formula is C15H15ClFN. The maximum atomic E-state index is 13.6. The fourth-order valence-electron chi connectivity index (χ4n) is 1.79. The van der Waals surface area contributed by atoms with Crippen LogP contribution in [0.2, 0.25) is 5.02 Å². The average molecular weight is 264 g/mol. The van der Waals surface area contributed by atoms with E-state index in [4.69, 9.17) is 11.6 Å². The van der Waals surface area contributed by atoms with Gasteiger partial charge in [0.1, 0.15) is 5.82 Å². The van der Waals surface area contributed by atoms with Crippen molar-refractivity contribution in [3.63, 3.8) is 0 Å². The minimum absolute atomic E-state index is 0.229. The van der Waals surface area contributed by atoms with Crippen LogP contribution in [0.4, 0.5) is 10.1 Å². The summed E-state index contributed by atoms with van der Waals surface area (Å²) in [5.74, 6) is -0.229. The summed E-state index contributed by atoms with van der Waals surface area (Å²) in [6, 6.07) is 10.9. The van der Waals surface area contributed by atoms with Gasteiger partial charge < -0.3 is 5.32 Å². The van der Waals surface area contributed by atoms with Gasteiger partial charge in [0, 0.05) is 11.6 Å². The molecule has 2 aromatic rings. The van der Waals surface area contributed by atoms with E-state index in [-0.39, 0.29) is 5.82 Å². The number of hydrogen-bond donors (Lipinski definition) is 1. The van der Waals surface area contributed by atoms with Crippen molar-refractivity contribution in [1.29, 1.82) is 0 Å². The third kappa shape index (κ3) is 2.82. The van der Waals surface area contributed by atoms with Crippen molar-refractivity contribution in [3.05, 3.63) is 63.9 Å². The van der Waals surface area contributed by atoms with Crippen LogP contribution in [0, 0.1) is 19.7 Å². The number of benzene rings is 2. The van der Waals surface area contributed by atoms with Gasteiger partial charge in [-0.05, 0) is 42.7 Å². The van der Waals surface area contributed by atoms with Gasteiger partial charge in [0.05, 0.1) is 5.69 Å². The van der Waals surface area contributed by atoms with Crippen LogP contribution in [0.15, 0.2) is 36.4 Å². The van der Waals surface area contributed by atoms with Crippen molar-refractivity contribution in [2.45, 2.75) is 20.4 Å². The summed E-state index contributed by atoms with van der Waals surface area (Å²) >= 11 is 6.06. The fraction of sp³-hybridized carbons (Fsp3) is 0.200. The van der Waals surface area contributed by atoms with E-state index >= 15 is 0 Å². The largest absolute Gasteiger partial charge is 0.378 e. The van der Waals surface area contributed by atoms with Crippen LogP contribution in [0.5, 0.6) is 0 Å². The zero-order valence-electron chi connectivity index (χ0n) is 10.4. The Hall–Kier alpha value is -1.54. The van der Waals surface area contributed by atoms with E-state index < -0.39 is 0 Å². The minimum Gasteiger partial charge on any atom is -0.378 e. The summed E-state index contributed by atoms with van der Waals surface area (Å²) in [6.45, 7) is 4.40. The third-order valence-electron chi connectivity index (χ3n) is 2.93. The lowest BCUT2D eigenvalue weighted by molar-refractivity contribution is 0.629. The van der Waals surface area contributed by atoms with Crippen molar-refractivity contribution in [2.75, 3.05) is 5.32 Å². The number of hydrogen-bond acceptors (Lipinski definition) is 1. The van der Waals surface area contributed by atoms with Crippen LogP contribution < -0.4 is 5.32 Å². The second kappa shape index (κ2) is 5.40. The van der Waals surface area contributed by atoms with Crippen molar-refractivity contribution in [2.24, 2.45) is 0 Å². The van der Waals surface area contributed by atoms with Crippen LogP contribution in [-0.4, -0.2) is 0 Å². The highest BCUT2D eigenvalue weighted by molar-refractivity contribution is 6.31. The molecule has 0 spiro atoms. The molecule has 0 aromatic heterocycles. The number of halogens is 2. The Morgan fingerprint density at radius 2 is 1.89 bits per heavy atom. The zero-order valence-corrected chi connectivity index (χ0v) is 11.2. The van der Waals surface area contributed by atoms with Crippen molar-refractivity contribution in [1.82, 2.24) is 0 Å². The van der Waals surface area contributed by atoms with Crippen LogP contribution in [-0.2, 0) is 6.54 Å². The molecule has 2 rings (SSSR count). The Bertz CT molecular complexity index is 546. The smallest absolute Gasteiger partial charge is 0.146 e. The van der Waals surface area contributed by atoms with E-state index in [9.17, 15) is 4.39 Å². The van der Waals surface area contributed by atoms with Crippen LogP contribution >= 0.6 is 11.6 Å². The Kier molecular flexibility index (Phi) is 3.87. The van der Waals surface area contributed by atoms with Gasteiger partial charge in [-0.25, -0.2) is 4.39 Å². The maximum Gasteiger partial charge on any atom is 0.146 e. The third-order valence-corrected chi connectivity index (χ3v) is 3.33. The van der Waals surface area contributed by atoms with E-state index in [0.29, 0.717) is 12.2 Å². The highest BCUT2D eigenvalue weighted by Gasteiger charge is 2.05. The number of aryl methyl sites for hydroxylation is 2. The predicted molar refractivity (Wildman–Crippen MR) is 74.7 cm³/mol. The molecule has 94 valence electrons. The summed E-state index contributed by atoms with van der Waals surface area (Å²) in [7, 11) is 0. The summed E-state index contributed by atoms with van der Waals surface area (Å²) in [5.41, 5.74) is 3.53. The van der Waals surface area contributed by atoms with Crippen LogP contribution in [0.1, 0.15) is 16.7 Å². The molecule has 0 aliphatic carbocycles. The molecule has 0 radical (unpaired) electrons. The quantitative estimate of drug-likeness (QED) is 0.846. The van der Waals surface area contributed by atoms with E-state index in [0.717, 1.165) is 21.7 Å². The zero-order chi connectivity index (χ0) is 13.1. The average Bonchev–Trinajstić information content (AvgIpc) is 2.33. The molecule has 0 heterocycles. The van der Waals surface area contributed by atoms with Crippen LogP contribution in [0.3, 0.4) is 0 Å². The molecule has 0 saturated heterocycles. The molecule has 18 heavy (non-hydrogen) atoms. The standard InChI is InChI=1S/C15H15ClFN/c1-10-6-7-12(8-13(10)16)9-18-15-11(2)4-3-5-14(15)17/h3-8,18H,9H2,1-2H3. The highest BCUT2D eigenvalue weighted by atomic mass is 35.5. The molecule has 1 N–H and O–H groups in total. The molecule has 0 bridgehead atoms. The molecule has 0 saturated carbocycles. The molecule has 0 fully saturated rings.